The van der Waals surface area contributed by atoms with Crippen LogP contribution in [0.5, 0.6) is 0 Å². The second-order valence-corrected chi connectivity index (χ2v) is 8.23. The van der Waals surface area contributed by atoms with Crippen LogP contribution in [0.4, 0.5) is 27.8 Å². The van der Waals surface area contributed by atoms with Crippen molar-refractivity contribution in [2.75, 3.05) is 5.32 Å². The number of imidazole rings is 1. The normalized spacial score (nSPS) is 19.2. The minimum Gasteiger partial charge on any atom is -0.309 e. The number of fused-ring (bicyclic) bond motifs is 2. The third-order valence-corrected chi connectivity index (χ3v) is 6.00. The number of halogens is 6. The van der Waals surface area contributed by atoms with Crippen molar-refractivity contribution in [1.82, 2.24) is 24.6 Å². The number of aromatic amines is 1. The van der Waals surface area contributed by atoms with Crippen LogP contribution in [0.1, 0.15) is 24.8 Å². The van der Waals surface area contributed by atoms with E-state index in [1.54, 1.807) is 0 Å². The van der Waals surface area contributed by atoms with Gasteiger partial charge in [0.05, 0.1) is 46.7 Å². The summed E-state index contributed by atoms with van der Waals surface area (Å²) in [6.45, 7) is 0.840. The van der Waals surface area contributed by atoms with Gasteiger partial charge in [0.2, 0.25) is 5.91 Å². The van der Waals surface area contributed by atoms with Crippen molar-refractivity contribution in [2.24, 2.45) is 5.92 Å². The molecule has 1 amide bonds. The summed E-state index contributed by atoms with van der Waals surface area (Å²) in [4.78, 5) is 20.3. The van der Waals surface area contributed by atoms with Gasteiger partial charge in [0.15, 0.2) is 11.5 Å². The molecule has 172 valence electrons. The molecule has 2 N–H and O–H groups in total. The minimum absolute atomic E-state index is 0.0514. The van der Waals surface area contributed by atoms with Gasteiger partial charge in [0.25, 0.3) is 0 Å². The van der Waals surface area contributed by atoms with E-state index in [0.29, 0.717) is 5.65 Å². The smallest absolute Gasteiger partial charge is 0.309 e. The van der Waals surface area contributed by atoms with Crippen LogP contribution in [0.15, 0.2) is 24.8 Å². The Morgan fingerprint density at radius 1 is 1.33 bits per heavy atom. The van der Waals surface area contributed by atoms with Gasteiger partial charge in [-0.15, -0.1) is 0 Å². The number of anilines is 1. The van der Waals surface area contributed by atoms with Gasteiger partial charge in [-0.3, -0.25) is 14.9 Å². The number of rotatable bonds is 4. The highest BCUT2D eigenvalue weighted by molar-refractivity contribution is 6.35. The molecule has 0 saturated heterocycles. The van der Waals surface area contributed by atoms with E-state index in [2.05, 4.69) is 25.5 Å². The maximum atomic E-state index is 15.1. The molecule has 1 aliphatic carbocycles. The average molecular weight is 485 g/mol. The van der Waals surface area contributed by atoms with Crippen LogP contribution in [0.2, 0.25) is 5.02 Å². The second-order valence-electron chi connectivity index (χ2n) is 7.85. The molecule has 0 spiro atoms. The number of benzene rings is 1. The third kappa shape index (κ3) is 3.58. The Labute approximate surface area is 187 Å². The quantitative estimate of drug-likeness (QED) is 0.398. The molecule has 1 saturated carbocycles. The van der Waals surface area contributed by atoms with E-state index in [4.69, 9.17) is 11.6 Å². The van der Waals surface area contributed by atoms with Gasteiger partial charge in [-0.05, 0) is 13.3 Å². The fraction of sp³-hybridized carbons (Fsp3) is 0.300. The van der Waals surface area contributed by atoms with E-state index in [9.17, 15) is 22.4 Å². The van der Waals surface area contributed by atoms with Crippen LogP contribution < -0.4 is 5.32 Å². The maximum absolute atomic E-state index is 15.1. The molecule has 3 atom stereocenters. The molecule has 13 heteroatoms. The van der Waals surface area contributed by atoms with Crippen LogP contribution in [-0.4, -0.2) is 42.8 Å². The lowest BCUT2D eigenvalue weighted by Gasteiger charge is -2.19. The summed E-state index contributed by atoms with van der Waals surface area (Å²) in [5, 5.41) is 8.36. The Balaban J connectivity index is 1.59. The summed E-state index contributed by atoms with van der Waals surface area (Å²) in [6, 6.07) is 0. The second kappa shape index (κ2) is 7.37. The molecule has 0 unspecified atom stereocenters. The van der Waals surface area contributed by atoms with Crippen LogP contribution in [0, 0.1) is 11.7 Å². The highest BCUT2D eigenvalue weighted by atomic mass is 35.5. The predicted octanol–water partition coefficient (Wildman–Crippen LogP) is 5.03. The molecule has 3 heterocycles. The summed E-state index contributed by atoms with van der Waals surface area (Å²) in [7, 11) is 0. The number of H-pyrrole nitrogens is 1. The first-order valence-electron chi connectivity index (χ1n) is 9.77. The van der Waals surface area contributed by atoms with Gasteiger partial charge in [0.1, 0.15) is 12.0 Å². The van der Waals surface area contributed by atoms with Gasteiger partial charge < -0.3 is 9.72 Å². The van der Waals surface area contributed by atoms with Gasteiger partial charge in [-0.25, -0.2) is 13.8 Å². The molecule has 0 aliphatic heterocycles. The standard InChI is InChI=1S/C20H14ClF5N6O/c1-7(20(24,25)26)14-17(23)16(21)15(9-3-28-31-18(9)14)11-5-32-6-12(29-13(32)4-27-11)30-19(33)8-2-10(8)22/h3-8,10H,2H2,1H3,(H,28,31)(H,30,33)/t7-,8-,10+/m1/s1. The molecule has 1 fully saturated rings. The van der Waals surface area contributed by atoms with Crippen molar-refractivity contribution >= 4 is 39.9 Å². The number of nitrogens with one attached hydrogen (secondary N) is 2. The van der Waals surface area contributed by atoms with Crippen molar-refractivity contribution in [1.29, 1.82) is 0 Å². The van der Waals surface area contributed by atoms with Gasteiger partial charge >= 0.3 is 6.18 Å². The summed E-state index contributed by atoms with van der Waals surface area (Å²) < 4.78 is 69.6. The minimum atomic E-state index is -4.69. The molecule has 3 aromatic heterocycles. The molecule has 0 bridgehead atoms. The maximum Gasteiger partial charge on any atom is 0.395 e. The first-order valence-corrected chi connectivity index (χ1v) is 10.1. The van der Waals surface area contributed by atoms with Crippen molar-refractivity contribution in [3.8, 4) is 11.3 Å². The zero-order valence-electron chi connectivity index (χ0n) is 16.7. The van der Waals surface area contributed by atoms with Crippen LogP contribution in [-0.2, 0) is 4.79 Å². The van der Waals surface area contributed by atoms with E-state index in [0.717, 1.165) is 6.92 Å². The predicted molar refractivity (Wildman–Crippen MR) is 109 cm³/mol. The Bertz CT molecular complexity index is 1410. The zero-order valence-corrected chi connectivity index (χ0v) is 17.5. The lowest BCUT2D eigenvalue weighted by molar-refractivity contribution is -0.146. The number of amides is 1. The SMILES string of the molecule is C[C@H](c1c(F)c(Cl)c(-c2cn3cc(NC(=O)[C@@H]4C[C@@H]4F)nc3cn2)c2cn[nH]c12)C(F)(F)F. The molecule has 7 nitrogen and oxygen atoms in total. The number of aromatic nitrogens is 5. The fourth-order valence-electron chi connectivity index (χ4n) is 3.70. The lowest BCUT2D eigenvalue weighted by atomic mass is 9.94. The third-order valence-electron chi connectivity index (χ3n) is 5.65. The summed E-state index contributed by atoms with van der Waals surface area (Å²) in [5.74, 6) is -4.37. The Morgan fingerprint density at radius 3 is 2.73 bits per heavy atom. The van der Waals surface area contributed by atoms with E-state index in [-0.39, 0.29) is 34.4 Å². The highest BCUT2D eigenvalue weighted by Gasteiger charge is 2.44. The van der Waals surface area contributed by atoms with Crippen molar-refractivity contribution < 1.29 is 26.7 Å². The van der Waals surface area contributed by atoms with Gasteiger partial charge in [0, 0.05) is 22.7 Å². The van der Waals surface area contributed by atoms with Gasteiger partial charge in [-0.2, -0.15) is 18.3 Å². The van der Waals surface area contributed by atoms with Crippen molar-refractivity contribution in [3.05, 3.63) is 41.2 Å². The Kier molecular flexibility index (Phi) is 4.82. The van der Waals surface area contributed by atoms with Crippen LogP contribution in [0.3, 0.4) is 0 Å². The van der Waals surface area contributed by atoms with Gasteiger partial charge in [-0.1, -0.05) is 11.6 Å². The summed E-state index contributed by atoms with van der Waals surface area (Å²) in [6.07, 6.45) is -0.228. The number of hydrogen-bond acceptors (Lipinski definition) is 4. The topological polar surface area (TPSA) is 88.0 Å². The largest absolute Gasteiger partial charge is 0.395 e. The Hall–Kier alpha value is -3.28. The van der Waals surface area contributed by atoms with Crippen molar-refractivity contribution in [3.63, 3.8) is 0 Å². The lowest BCUT2D eigenvalue weighted by Crippen LogP contribution is -2.19. The van der Waals surface area contributed by atoms with E-state index < -0.39 is 46.5 Å². The molecule has 5 rings (SSSR count). The molecular weight excluding hydrogens is 471 g/mol. The van der Waals surface area contributed by atoms with E-state index in [1.807, 2.05) is 0 Å². The molecule has 1 aliphatic rings. The first kappa shape index (κ1) is 21.6. The number of hydrogen-bond donors (Lipinski definition) is 2. The summed E-state index contributed by atoms with van der Waals surface area (Å²) >= 11 is 6.20. The molecule has 1 aromatic carbocycles. The summed E-state index contributed by atoms with van der Waals surface area (Å²) in [5.41, 5.74) is -0.254. The fourth-order valence-corrected chi connectivity index (χ4v) is 4.00. The highest BCUT2D eigenvalue weighted by Crippen LogP contribution is 2.44. The number of carbonyl (C=O) groups is 1. The van der Waals surface area contributed by atoms with E-state index >= 15 is 4.39 Å². The van der Waals surface area contributed by atoms with Crippen molar-refractivity contribution in [2.45, 2.75) is 31.6 Å². The molecule has 4 aromatic rings. The molecule has 0 radical (unpaired) electrons. The number of carbonyl (C=O) groups excluding carboxylic acids is 1. The van der Waals surface area contributed by atoms with E-state index in [1.165, 1.54) is 29.2 Å². The Morgan fingerprint density at radius 2 is 2.06 bits per heavy atom. The molecule has 33 heavy (non-hydrogen) atoms. The number of nitrogens with zero attached hydrogens (tertiary/aromatic N) is 4. The first-order chi connectivity index (χ1) is 15.6. The number of alkyl halides is 4. The average Bonchev–Trinajstić information content (AvgIpc) is 3.11. The zero-order chi connectivity index (χ0) is 23.7. The molecular formula is C20H14ClF5N6O. The monoisotopic (exact) mass is 484 g/mol. The van der Waals surface area contributed by atoms with Crippen LogP contribution >= 0.6 is 11.6 Å². The van der Waals surface area contributed by atoms with Crippen LogP contribution in [0.25, 0.3) is 27.8 Å².